The summed E-state index contributed by atoms with van der Waals surface area (Å²) in [6.45, 7) is 0.210. The van der Waals surface area contributed by atoms with E-state index in [9.17, 15) is 4.79 Å². The van der Waals surface area contributed by atoms with Crippen LogP contribution in [0.2, 0.25) is 0 Å². The predicted octanol–water partition coefficient (Wildman–Crippen LogP) is -2.71. The highest BCUT2D eigenvalue weighted by Crippen LogP contribution is 1.80. The van der Waals surface area contributed by atoms with Crippen molar-refractivity contribution in [1.82, 2.24) is 4.81 Å². The Balaban J connectivity index is 3.45. The van der Waals surface area contributed by atoms with Gasteiger partial charge in [-0.3, -0.25) is 4.79 Å². The van der Waals surface area contributed by atoms with Crippen LogP contribution in [0.4, 0.5) is 4.79 Å². The van der Waals surface area contributed by atoms with Crippen LogP contribution < -0.4 is 0 Å². The molecule has 6 heteroatoms. The van der Waals surface area contributed by atoms with Crippen LogP contribution in [0.1, 0.15) is 0 Å². The molecule has 4 nitrogen and oxygen atoms in total. The molecule has 2 N–H and O–H groups in total. The van der Waals surface area contributed by atoms with Crippen LogP contribution >= 0.6 is 0 Å². The Kier molecular flexibility index (Phi) is 4.17. The van der Waals surface area contributed by atoms with E-state index >= 15 is 0 Å². The van der Waals surface area contributed by atoms with Gasteiger partial charge in [-0.05, 0) is 0 Å². The first-order valence-corrected chi connectivity index (χ1v) is 2.68. The quantitative estimate of drug-likeness (QED) is 0.407. The van der Waals surface area contributed by atoms with Crippen molar-refractivity contribution >= 4 is 21.3 Å². The molecule has 0 radical (unpaired) electrons. The zero-order chi connectivity index (χ0) is 7.28. The van der Waals surface area contributed by atoms with Crippen molar-refractivity contribution in [1.29, 1.82) is 0 Å². The van der Waals surface area contributed by atoms with Gasteiger partial charge in [0.15, 0.2) is 5.81 Å². The molecule has 0 unspecified atom stereocenters. The smallest absolute Gasteiger partial charge is 0.375 e. The second-order valence-electron chi connectivity index (χ2n) is 1.70. The lowest BCUT2D eigenvalue weighted by Gasteiger charge is -2.13. The fourth-order valence-electron chi connectivity index (χ4n) is 0.395. The van der Waals surface area contributed by atoms with Crippen molar-refractivity contribution in [2.45, 2.75) is 0 Å². The monoisotopic (exact) mass is 129 g/mol. The Bertz CT molecular complexity index is 99.1. The largest absolute Gasteiger partial charge is 0.446 e. The van der Waals surface area contributed by atoms with Gasteiger partial charge in [0, 0.05) is 6.54 Å². The van der Waals surface area contributed by atoms with Gasteiger partial charge in [-0.1, -0.05) is 0 Å². The normalized spacial score (nSPS) is 8.67. The summed E-state index contributed by atoms with van der Waals surface area (Å²) in [4.78, 5) is 11.7. The van der Waals surface area contributed by atoms with Crippen LogP contribution in [0.3, 0.4) is 0 Å². The van der Waals surface area contributed by atoms with E-state index in [2.05, 4.69) is 0 Å². The molecular weight excluding hydrogens is 120 g/mol. The molecule has 0 saturated carbocycles. The third-order valence-electron chi connectivity index (χ3n) is 0.996. The number of hydrogen-bond donors (Lipinski definition) is 2. The van der Waals surface area contributed by atoms with E-state index in [4.69, 9.17) is 10.1 Å². The third-order valence-corrected chi connectivity index (χ3v) is 0.996. The number of carbonyl (C=O) groups is 1. The minimum atomic E-state index is -0.490. The summed E-state index contributed by atoms with van der Waals surface area (Å²) in [5, 5.41) is 16.6. The van der Waals surface area contributed by atoms with Crippen LogP contribution in [-0.2, 0) is 0 Å². The fraction of sp³-hybridized carbons (Fsp3) is 0.667. The van der Waals surface area contributed by atoms with Gasteiger partial charge in [0.1, 0.15) is 0 Å². The molecule has 0 aliphatic rings. The maximum absolute atomic E-state index is 10.5. The van der Waals surface area contributed by atoms with E-state index in [1.54, 1.807) is 0 Å². The van der Waals surface area contributed by atoms with E-state index in [0.29, 0.717) is 0 Å². The van der Waals surface area contributed by atoms with Crippen LogP contribution in [0, 0.1) is 0 Å². The standard InChI is InChI=1S/C3H9B2NO3/c4-6(1-2-7)3(8)5-9/h5,7,9H,1-2,4H2. The van der Waals surface area contributed by atoms with E-state index in [-0.39, 0.29) is 19.0 Å². The number of rotatable bonds is 3. The van der Waals surface area contributed by atoms with Crippen molar-refractivity contribution < 1.29 is 14.9 Å². The van der Waals surface area contributed by atoms with Gasteiger partial charge in [-0.2, -0.15) is 0 Å². The average Bonchev–Trinajstić information content (AvgIpc) is 1.87. The van der Waals surface area contributed by atoms with Crippen LogP contribution in [0.25, 0.3) is 0 Å². The summed E-state index contributed by atoms with van der Waals surface area (Å²) in [7, 11) is 1.03. The van der Waals surface area contributed by atoms with E-state index in [1.165, 1.54) is 12.8 Å². The molecule has 0 aromatic rings. The molecule has 0 aliphatic heterocycles. The molecule has 0 atom stereocenters. The molecule has 0 aromatic carbocycles. The SMILES string of the molecule is BN(CCO)C(=O)BO. The van der Waals surface area contributed by atoms with Crippen LogP contribution in [0.15, 0.2) is 0 Å². The highest BCUT2D eigenvalue weighted by molar-refractivity contribution is 6.69. The van der Waals surface area contributed by atoms with Gasteiger partial charge in [-0.15, -0.1) is 0 Å². The molecule has 0 aromatic heterocycles. The maximum Gasteiger partial charge on any atom is 0.375 e. The first-order chi connectivity index (χ1) is 4.22. The van der Waals surface area contributed by atoms with Crippen LogP contribution in [0.5, 0.6) is 0 Å². The number of aliphatic hydroxyl groups excluding tert-OH is 1. The number of amides is 1. The minimum Gasteiger partial charge on any atom is -0.446 e. The molecule has 0 rings (SSSR count). The second-order valence-corrected chi connectivity index (χ2v) is 1.70. The molecule has 0 saturated heterocycles. The van der Waals surface area contributed by atoms with Gasteiger partial charge in [0.05, 0.1) is 6.61 Å². The Labute approximate surface area is 55.2 Å². The van der Waals surface area contributed by atoms with Gasteiger partial charge in [0.2, 0.25) is 7.98 Å². The van der Waals surface area contributed by atoms with Crippen molar-refractivity contribution in [3.05, 3.63) is 0 Å². The maximum atomic E-state index is 10.5. The summed E-state index contributed by atoms with van der Waals surface area (Å²) >= 11 is 0. The Morgan fingerprint density at radius 2 is 2.33 bits per heavy atom. The highest BCUT2D eigenvalue weighted by atomic mass is 16.3. The van der Waals surface area contributed by atoms with Crippen LogP contribution in [-0.4, -0.2) is 49.4 Å². The number of carbonyl (C=O) groups excluding carboxylic acids is 1. The van der Waals surface area contributed by atoms with Crippen molar-refractivity contribution in [2.24, 2.45) is 0 Å². The lowest BCUT2D eigenvalue weighted by molar-refractivity contribution is 0.227. The molecule has 0 bridgehead atoms. The zero-order valence-corrected chi connectivity index (χ0v) is 5.37. The summed E-state index contributed by atoms with van der Waals surface area (Å²) < 4.78 is 0. The topological polar surface area (TPSA) is 60.8 Å². The number of nitrogens with zero attached hydrogens (tertiary/aromatic N) is 1. The van der Waals surface area contributed by atoms with E-state index in [1.807, 2.05) is 0 Å². The molecule has 0 fully saturated rings. The minimum absolute atomic E-state index is 0.0672. The molecule has 0 aliphatic carbocycles. The zero-order valence-electron chi connectivity index (χ0n) is 5.37. The van der Waals surface area contributed by atoms with Gasteiger partial charge >= 0.3 is 7.48 Å². The van der Waals surface area contributed by atoms with E-state index < -0.39 is 7.48 Å². The molecular formula is C3H9B2NO3. The summed E-state index contributed by atoms with van der Waals surface area (Å²) in [5.41, 5.74) is 0. The van der Waals surface area contributed by atoms with Crippen molar-refractivity contribution in [2.75, 3.05) is 13.2 Å². The summed E-state index contributed by atoms with van der Waals surface area (Å²) in [6, 6.07) is 0. The summed E-state index contributed by atoms with van der Waals surface area (Å²) in [5.74, 6) is -0.371. The predicted molar refractivity (Wildman–Crippen MR) is 37.1 cm³/mol. The van der Waals surface area contributed by atoms with E-state index in [0.717, 1.165) is 0 Å². The first-order valence-electron chi connectivity index (χ1n) is 2.68. The molecule has 50 valence electrons. The van der Waals surface area contributed by atoms with Gasteiger partial charge < -0.3 is 14.9 Å². The number of aliphatic hydroxyl groups is 1. The second kappa shape index (κ2) is 4.40. The highest BCUT2D eigenvalue weighted by Gasteiger charge is 2.05. The fourth-order valence-corrected chi connectivity index (χ4v) is 0.395. The average molecular weight is 129 g/mol. The van der Waals surface area contributed by atoms with Gasteiger partial charge in [0.25, 0.3) is 0 Å². The molecule has 9 heavy (non-hydrogen) atoms. The molecule has 0 spiro atoms. The van der Waals surface area contributed by atoms with Crippen molar-refractivity contribution in [3.8, 4) is 0 Å². The molecule has 1 amide bonds. The molecule has 0 heterocycles. The lowest BCUT2D eigenvalue weighted by Crippen LogP contribution is -2.33. The Morgan fingerprint density at radius 1 is 1.78 bits per heavy atom. The Morgan fingerprint density at radius 3 is 2.67 bits per heavy atom. The summed E-state index contributed by atoms with van der Waals surface area (Å²) in [6.07, 6.45) is 0. The third kappa shape index (κ3) is 3.16. The lowest BCUT2D eigenvalue weighted by atomic mass is 9.98. The van der Waals surface area contributed by atoms with Gasteiger partial charge in [-0.25, -0.2) is 0 Å². The van der Waals surface area contributed by atoms with Crippen molar-refractivity contribution in [3.63, 3.8) is 0 Å². The first kappa shape index (κ1) is 8.52. The number of hydrogen-bond acceptors (Lipinski definition) is 3. The Hall–Kier alpha value is -0.480.